The molecule has 0 bridgehead atoms. The maximum Gasteiger partial charge on any atom is 0.321 e. The summed E-state index contributed by atoms with van der Waals surface area (Å²) in [5, 5.41) is 4.78. The first kappa shape index (κ1) is 21.4. The minimum absolute atomic E-state index is 0.175. The van der Waals surface area contributed by atoms with Crippen molar-refractivity contribution in [3.63, 3.8) is 0 Å². The molecule has 0 radical (unpaired) electrons. The average Bonchev–Trinajstić information content (AvgIpc) is 3.11. The Bertz CT molecular complexity index is 1190. The van der Waals surface area contributed by atoms with Crippen molar-refractivity contribution in [2.75, 3.05) is 12.4 Å². The number of nitrogens with one attached hydrogen (secondary N) is 2. The van der Waals surface area contributed by atoms with Crippen molar-refractivity contribution in [2.24, 2.45) is 0 Å². The van der Waals surface area contributed by atoms with Gasteiger partial charge in [-0.15, -0.1) is 0 Å². The highest BCUT2D eigenvalue weighted by Crippen LogP contribution is 2.27. The van der Waals surface area contributed by atoms with Crippen LogP contribution in [-0.2, 0) is 11.3 Å². The molecular weight excluding hydrogens is 422 g/mol. The largest absolute Gasteiger partial charge is 0.323 e. The minimum Gasteiger partial charge on any atom is -0.323 e. The van der Waals surface area contributed by atoms with Crippen LogP contribution in [0.2, 0.25) is 0 Å². The lowest BCUT2D eigenvalue weighted by molar-refractivity contribution is -0.115. The van der Waals surface area contributed by atoms with Crippen LogP contribution in [0.25, 0.3) is 17.2 Å². The number of nitrogens with zero attached hydrogens (tertiary/aromatic N) is 1. The van der Waals surface area contributed by atoms with Gasteiger partial charge in [0.2, 0.25) is 0 Å². The van der Waals surface area contributed by atoms with E-state index in [0.29, 0.717) is 11.4 Å². The summed E-state index contributed by atoms with van der Waals surface area (Å²) in [4.78, 5) is 37.5. The van der Waals surface area contributed by atoms with E-state index in [1.165, 1.54) is 0 Å². The number of carbonyl (C=O) groups is 3. The van der Waals surface area contributed by atoms with Crippen LogP contribution in [0.15, 0.2) is 83.8 Å². The third-order valence-corrected chi connectivity index (χ3v) is 5.71. The van der Waals surface area contributed by atoms with E-state index in [4.69, 9.17) is 0 Å². The number of thioether (sulfide) groups is 1. The van der Waals surface area contributed by atoms with E-state index in [1.54, 1.807) is 18.0 Å². The molecule has 1 heterocycles. The Morgan fingerprint density at radius 1 is 0.969 bits per heavy atom. The zero-order valence-electron chi connectivity index (χ0n) is 17.4. The maximum atomic E-state index is 12.5. The molecule has 2 N–H and O–H groups in total. The Morgan fingerprint density at radius 3 is 2.41 bits per heavy atom. The Kier molecular flexibility index (Phi) is 6.37. The van der Waals surface area contributed by atoms with Crippen LogP contribution in [0.3, 0.4) is 0 Å². The van der Waals surface area contributed by atoms with Crippen LogP contribution in [-0.4, -0.2) is 29.1 Å². The van der Waals surface area contributed by atoms with Gasteiger partial charge in [-0.05, 0) is 58.3 Å². The normalized spacial score (nSPS) is 14.3. The third kappa shape index (κ3) is 5.25. The van der Waals surface area contributed by atoms with Crippen LogP contribution in [0, 0.1) is 0 Å². The molecule has 4 amide bonds. The van der Waals surface area contributed by atoms with Gasteiger partial charge in [0.1, 0.15) is 0 Å². The summed E-state index contributed by atoms with van der Waals surface area (Å²) >= 11 is 0.904. The predicted octanol–water partition coefficient (Wildman–Crippen LogP) is 5.34. The second-order valence-corrected chi connectivity index (χ2v) is 8.34. The Balaban J connectivity index is 1.43. The van der Waals surface area contributed by atoms with Crippen LogP contribution < -0.4 is 10.6 Å². The quantitative estimate of drug-likeness (QED) is 0.522. The molecular formula is C25H21N3O3S. The van der Waals surface area contributed by atoms with Crippen molar-refractivity contribution in [3.8, 4) is 11.1 Å². The van der Waals surface area contributed by atoms with Gasteiger partial charge in [-0.1, -0.05) is 60.7 Å². The standard InChI is InChI=1S/C25H21N3O3S/c1-28(24(30)26-21-8-3-2-4-9-21)16-18-6-5-7-20(14-18)19-12-10-17(11-13-19)15-22-23(29)27-25(31)32-22/h2-15H,16H2,1H3,(H,26,30)(H,27,29,31). The van der Waals surface area contributed by atoms with Gasteiger partial charge in [0.05, 0.1) is 4.91 Å². The van der Waals surface area contributed by atoms with E-state index >= 15 is 0 Å². The number of hydrogen-bond donors (Lipinski definition) is 2. The van der Waals surface area contributed by atoms with E-state index in [9.17, 15) is 14.4 Å². The number of imide groups is 1. The van der Waals surface area contributed by atoms with Crippen LogP contribution >= 0.6 is 11.8 Å². The highest BCUT2D eigenvalue weighted by atomic mass is 32.2. The van der Waals surface area contributed by atoms with Crippen LogP contribution in [0.5, 0.6) is 0 Å². The van der Waals surface area contributed by atoms with E-state index < -0.39 is 0 Å². The summed E-state index contributed by atoms with van der Waals surface area (Å²) in [5.41, 5.74) is 4.66. The van der Waals surface area contributed by atoms with Gasteiger partial charge in [0.25, 0.3) is 11.1 Å². The fraction of sp³-hybridized carbons (Fsp3) is 0.0800. The summed E-state index contributed by atoms with van der Waals surface area (Å²) < 4.78 is 0. The number of amides is 4. The Labute approximate surface area is 190 Å². The number of anilines is 1. The summed E-state index contributed by atoms with van der Waals surface area (Å²) in [7, 11) is 1.76. The Morgan fingerprint density at radius 2 is 1.72 bits per heavy atom. The van der Waals surface area contributed by atoms with Crippen LogP contribution in [0.1, 0.15) is 11.1 Å². The molecule has 7 heteroatoms. The van der Waals surface area contributed by atoms with Crippen molar-refractivity contribution < 1.29 is 14.4 Å². The molecule has 1 saturated heterocycles. The molecule has 0 saturated carbocycles. The second-order valence-electron chi connectivity index (χ2n) is 7.33. The molecule has 1 fully saturated rings. The number of carbonyl (C=O) groups excluding carboxylic acids is 3. The van der Waals surface area contributed by atoms with Crippen molar-refractivity contribution in [3.05, 3.63) is 94.9 Å². The first-order chi connectivity index (χ1) is 15.5. The molecule has 6 nitrogen and oxygen atoms in total. The first-order valence-corrected chi connectivity index (χ1v) is 10.8. The lowest BCUT2D eigenvalue weighted by atomic mass is 10.0. The number of hydrogen-bond acceptors (Lipinski definition) is 4. The van der Waals surface area contributed by atoms with Gasteiger partial charge in [0.15, 0.2) is 0 Å². The SMILES string of the molecule is CN(Cc1cccc(-c2ccc(C=C3SC(=O)NC3=O)cc2)c1)C(=O)Nc1ccccc1. The van der Waals surface area contributed by atoms with Gasteiger partial charge < -0.3 is 10.2 Å². The zero-order chi connectivity index (χ0) is 22.5. The zero-order valence-corrected chi connectivity index (χ0v) is 18.2. The lowest BCUT2D eigenvalue weighted by Crippen LogP contribution is -2.30. The molecule has 0 unspecified atom stereocenters. The molecule has 3 aromatic rings. The molecule has 0 aliphatic carbocycles. The summed E-state index contributed by atoms with van der Waals surface area (Å²) in [6.45, 7) is 0.469. The fourth-order valence-corrected chi connectivity index (χ4v) is 3.96. The molecule has 1 aliphatic heterocycles. The molecule has 0 atom stereocenters. The van der Waals surface area contributed by atoms with E-state index in [-0.39, 0.29) is 17.2 Å². The van der Waals surface area contributed by atoms with E-state index in [2.05, 4.69) is 16.7 Å². The van der Waals surface area contributed by atoms with Crippen molar-refractivity contribution in [1.82, 2.24) is 10.2 Å². The number of benzene rings is 3. The molecule has 160 valence electrons. The smallest absolute Gasteiger partial charge is 0.321 e. The summed E-state index contributed by atoms with van der Waals surface area (Å²) in [6, 6.07) is 25.0. The minimum atomic E-state index is -0.364. The Hall–Kier alpha value is -3.84. The van der Waals surface area contributed by atoms with Gasteiger partial charge in [0, 0.05) is 19.3 Å². The highest BCUT2D eigenvalue weighted by Gasteiger charge is 2.24. The van der Waals surface area contributed by atoms with Gasteiger partial charge in [-0.2, -0.15) is 0 Å². The molecule has 4 rings (SSSR count). The monoisotopic (exact) mass is 443 g/mol. The molecule has 1 aliphatic rings. The first-order valence-electron chi connectivity index (χ1n) is 9.99. The number of urea groups is 1. The molecule has 0 aromatic heterocycles. The van der Waals surface area contributed by atoms with Crippen molar-refractivity contribution in [1.29, 1.82) is 0 Å². The number of para-hydroxylation sites is 1. The topological polar surface area (TPSA) is 78.5 Å². The van der Waals surface area contributed by atoms with Crippen molar-refractivity contribution >= 4 is 40.7 Å². The fourth-order valence-electron chi connectivity index (χ4n) is 3.28. The summed E-state index contributed by atoms with van der Waals surface area (Å²) in [6.07, 6.45) is 1.70. The van der Waals surface area contributed by atoms with Crippen molar-refractivity contribution in [2.45, 2.75) is 6.54 Å². The van der Waals surface area contributed by atoms with E-state index in [0.717, 1.165) is 39.7 Å². The summed E-state index contributed by atoms with van der Waals surface area (Å²) in [5.74, 6) is -0.364. The predicted molar refractivity (Wildman–Crippen MR) is 128 cm³/mol. The lowest BCUT2D eigenvalue weighted by Gasteiger charge is -2.18. The van der Waals surface area contributed by atoms with E-state index in [1.807, 2.05) is 72.8 Å². The molecule has 0 spiro atoms. The van der Waals surface area contributed by atoms with Gasteiger partial charge in [-0.25, -0.2) is 4.79 Å². The maximum absolute atomic E-state index is 12.5. The van der Waals surface area contributed by atoms with Gasteiger partial charge >= 0.3 is 6.03 Å². The van der Waals surface area contributed by atoms with Gasteiger partial charge in [-0.3, -0.25) is 14.9 Å². The third-order valence-electron chi connectivity index (χ3n) is 4.90. The highest BCUT2D eigenvalue weighted by molar-refractivity contribution is 8.18. The van der Waals surface area contributed by atoms with Crippen LogP contribution in [0.4, 0.5) is 15.3 Å². The molecule has 3 aromatic carbocycles. The average molecular weight is 444 g/mol. The second kappa shape index (κ2) is 9.53. The molecule has 32 heavy (non-hydrogen) atoms. The number of rotatable bonds is 5.